The molecular formula is C10H13BrN2O4. The van der Waals surface area contributed by atoms with Gasteiger partial charge in [0.1, 0.15) is 12.3 Å². The fourth-order valence-electron chi connectivity index (χ4n) is 1.41. The van der Waals surface area contributed by atoms with Crippen LogP contribution in [-0.4, -0.2) is 31.6 Å². The summed E-state index contributed by atoms with van der Waals surface area (Å²) in [5.74, 6) is 0. The predicted octanol–water partition coefficient (Wildman–Crippen LogP) is 1.48. The fourth-order valence-corrected chi connectivity index (χ4v) is 1.88. The topological polar surface area (TPSA) is 96.5 Å². The van der Waals surface area contributed by atoms with E-state index in [1.165, 1.54) is 6.07 Å². The highest BCUT2D eigenvalue weighted by atomic mass is 79.9. The van der Waals surface area contributed by atoms with E-state index in [-0.39, 0.29) is 11.3 Å². The molecule has 0 saturated heterocycles. The Kier molecular flexibility index (Phi) is 4.98. The van der Waals surface area contributed by atoms with Crippen molar-refractivity contribution >= 4 is 21.6 Å². The van der Waals surface area contributed by atoms with E-state index in [4.69, 9.17) is 0 Å². The molecular weight excluding hydrogens is 292 g/mol. The summed E-state index contributed by atoms with van der Waals surface area (Å²) in [5.41, 5.74) is 0.556. The molecule has 17 heavy (non-hydrogen) atoms. The predicted molar refractivity (Wildman–Crippen MR) is 65.0 cm³/mol. The second-order valence-corrected chi connectivity index (χ2v) is 4.41. The third kappa shape index (κ3) is 3.45. The van der Waals surface area contributed by atoms with Gasteiger partial charge in [0.2, 0.25) is 0 Å². The van der Waals surface area contributed by atoms with Crippen LogP contribution in [0.2, 0.25) is 0 Å². The minimum atomic E-state index is -1.17. The fraction of sp³-hybridized carbons (Fsp3) is 0.500. The van der Waals surface area contributed by atoms with Crippen molar-refractivity contribution in [1.29, 1.82) is 0 Å². The highest BCUT2D eigenvalue weighted by Gasteiger charge is 2.22. The van der Waals surface area contributed by atoms with Gasteiger partial charge < -0.3 is 10.2 Å². The quantitative estimate of drug-likeness (QED) is 0.488. The van der Waals surface area contributed by atoms with E-state index < -0.39 is 17.1 Å². The zero-order valence-corrected chi connectivity index (χ0v) is 10.8. The molecule has 0 bridgehead atoms. The molecule has 1 aromatic rings. The van der Waals surface area contributed by atoms with Gasteiger partial charge in [-0.05, 0) is 13.3 Å². The van der Waals surface area contributed by atoms with Gasteiger partial charge in [0.15, 0.2) is 0 Å². The van der Waals surface area contributed by atoms with Crippen LogP contribution in [0.5, 0.6) is 0 Å². The first-order valence-corrected chi connectivity index (χ1v) is 6.12. The summed E-state index contributed by atoms with van der Waals surface area (Å²) in [6.07, 6.45) is -0.664. The number of rotatable bonds is 5. The van der Waals surface area contributed by atoms with Gasteiger partial charge in [-0.15, -0.1) is 0 Å². The molecule has 0 amide bonds. The van der Waals surface area contributed by atoms with Crippen LogP contribution in [0.1, 0.15) is 23.8 Å². The molecule has 0 aliphatic carbocycles. The van der Waals surface area contributed by atoms with Gasteiger partial charge in [-0.1, -0.05) is 15.9 Å². The molecule has 1 aromatic heterocycles. The van der Waals surface area contributed by atoms with Gasteiger partial charge in [-0.3, -0.25) is 15.1 Å². The molecule has 0 aliphatic rings. The summed E-state index contributed by atoms with van der Waals surface area (Å²) in [5, 5.41) is 30.7. The summed E-state index contributed by atoms with van der Waals surface area (Å²) in [6.45, 7) is 1.63. The molecule has 0 spiro atoms. The van der Waals surface area contributed by atoms with Crippen molar-refractivity contribution in [1.82, 2.24) is 4.98 Å². The van der Waals surface area contributed by atoms with E-state index in [0.717, 1.165) is 6.20 Å². The largest absolute Gasteiger partial charge is 0.390 e. The lowest BCUT2D eigenvalue weighted by molar-refractivity contribution is -0.385. The number of hydrogen-bond acceptors (Lipinski definition) is 5. The molecule has 0 radical (unpaired) electrons. The first-order valence-electron chi connectivity index (χ1n) is 5.00. The Morgan fingerprint density at radius 1 is 1.59 bits per heavy atom. The zero-order chi connectivity index (χ0) is 13.0. The maximum atomic E-state index is 10.6. The molecule has 1 rings (SSSR count). The first-order chi connectivity index (χ1) is 7.97. The Morgan fingerprint density at radius 2 is 2.24 bits per heavy atom. The Labute approximate surface area is 107 Å². The lowest BCUT2D eigenvalue weighted by atomic mass is 10.0. The highest BCUT2D eigenvalue weighted by molar-refractivity contribution is 9.09. The molecule has 94 valence electrons. The molecule has 6 nitrogen and oxygen atoms in total. The minimum Gasteiger partial charge on any atom is -0.390 e. The highest BCUT2D eigenvalue weighted by Crippen LogP contribution is 2.25. The standard InChI is InChI=1S/C10H13BrN2O4/c1-6-8(10(15)9(14)2-3-11)4-7(5-12-6)13(16)17/h4-5,9-10,14-15H,2-3H2,1H3. The van der Waals surface area contributed by atoms with E-state index in [9.17, 15) is 20.3 Å². The Morgan fingerprint density at radius 3 is 2.76 bits per heavy atom. The molecule has 1 heterocycles. The van der Waals surface area contributed by atoms with Gasteiger partial charge in [0.05, 0.1) is 11.0 Å². The van der Waals surface area contributed by atoms with Crippen LogP contribution >= 0.6 is 15.9 Å². The average Bonchev–Trinajstić information content (AvgIpc) is 2.28. The van der Waals surface area contributed by atoms with Crippen molar-refractivity contribution in [2.75, 3.05) is 5.33 Å². The van der Waals surface area contributed by atoms with Crippen LogP contribution in [0.3, 0.4) is 0 Å². The number of aromatic nitrogens is 1. The average molecular weight is 305 g/mol. The molecule has 2 N–H and O–H groups in total. The van der Waals surface area contributed by atoms with E-state index in [2.05, 4.69) is 20.9 Å². The number of nitrogens with zero attached hydrogens (tertiary/aromatic N) is 2. The zero-order valence-electron chi connectivity index (χ0n) is 9.21. The molecule has 7 heteroatoms. The third-order valence-electron chi connectivity index (χ3n) is 2.41. The van der Waals surface area contributed by atoms with E-state index >= 15 is 0 Å². The smallest absolute Gasteiger partial charge is 0.287 e. The SMILES string of the molecule is Cc1ncc([N+](=O)[O-])cc1C(O)C(O)CCBr. The maximum absolute atomic E-state index is 10.6. The Hall–Kier alpha value is -1.05. The van der Waals surface area contributed by atoms with Gasteiger partial charge in [-0.2, -0.15) is 0 Å². The molecule has 0 aliphatic heterocycles. The number of aliphatic hydroxyl groups is 2. The molecule has 0 saturated carbocycles. The number of alkyl halides is 1. The number of aryl methyl sites for hydroxylation is 1. The van der Waals surface area contributed by atoms with E-state index in [1.54, 1.807) is 6.92 Å². The normalized spacial score (nSPS) is 14.4. The maximum Gasteiger partial charge on any atom is 0.287 e. The van der Waals surface area contributed by atoms with Crippen molar-refractivity contribution in [3.63, 3.8) is 0 Å². The van der Waals surface area contributed by atoms with Crippen LogP contribution in [0.4, 0.5) is 5.69 Å². The van der Waals surface area contributed by atoms with E-state index in [0.29, 0.717) is 17.4 Å². The minimum absolute atomic E-state index is 0.198. The van der Waals surface area contributed by atoms with Crippen LogP contribution in [0.15, 0.2) is 12.3 Å². The van der Waals surface area contributed by atoms with Gasteiger partial charge in [0, 0.05) is 22.7 Å². The van der Waals surface area contributed by atoms with Gasteiger partial charge >= 0.3 is 0 Å². The molecule has 0 aromatic carbocycles. The summed E-state index contributed by atoms with van der Waals surface area (Å²) < 4.78 is 0. The third-order valence-corrected chi connectivity index (χ3v) is 2.87. The number of aliphatic hydroxyl groups excluding tert-OH is 2. The van der Waals surface area contributed by atoms with Crippen LogP contribution in [0, 0.1) is 17.0 Å². The van der Waals surface area contributed by atoms with Gasteiger partial charge in [-0.25, -0.2) is 0 Å². The molecule has 2 atom stereocenters. The summed E-state index contributed by atoms with van der Waals surface area (Å²) in [4.78, 5) is 13.9. The van der Waals surface area contributed by atoms with Crippen molar-refractivity contribution in [3.8, 4) is 0 Å². The summed E-state index contributed by atoms with van der Waals surface area (Å²) >= 11 is 3.15. The molecule has 0 fully saturated rings. The van der Waals surface area contributed by atoms with Crippen LogP contribution in [0.25, 0.3) is 0 Å². The summed E-state index contributed by atoms with van der Waals surface area (Å²) in [6, 6.07) is 1.24. The number of pyridine rings is 1. The second kappa shape index (κ2) is 6.04. The molecule has 2 unspecified atom stereocenters. The second-order valence-electron chi connectivity index (χ2n) is 3.62. The van der Waals surface area contributed by atoms with Crippen LogP contribution < -0.4 is 0 Å². The Balaban J connectivity index is 3.03. The van der Waals surface area contributed by atoms with Gasteiger partial charge in [0.25, 0.3) is 5.69 Å². The summed E-state index contributed by atoms with van der Waals surface area (Å²) in [7, 11) is 0. The van der Waals surface area contributed by atoms with Crippen molar-refractivity contribution in [2.45, 2.75) is 25.6 Å². The van der Waals surface area contributed by atoms with Crippen molar-refractivity contribution in [3.05, 3.63) is 33.6 Å². The van der Waals surface area contributed by atoms with E-state index in [1.807, 2.05) is 0 Å². The first kappa shape index (κ1) is 14.0. The number of nitro groups is 1. The van der Waals surface area contributed by atoms with Crippen LogP contribution in [-0.2, 0) is 0 Å². The van der Waals surface area contributed by atoms with Crippen molar-refractivity contribution in [2.24, 2.45) is 0 Å². The number of hydrogen-bond donors (Lipinski definition) is 2. The lowest BCUT2D eigenvalue weighted by Crippen LogP contribution is -2.20. The Bertz CT molecular complexity index is 413. The lowest BCUT2D eigenvalue weighted by Gasteiger charge is -2.18. The number of halogens is 1. The monoisotopic (exact) mass is 304 g/mol. The van der Waals surface area contributed by atoms with Crippen molar-refractivity contribution < 1.29 is 15.1 Å².